The Balaban J connectivity index is 4.46. The Labute approximate surface area is 347 Å². The summed E-state index contributed by atoms with van der Waals surface area (Å²) < 4.78 is 5.86. The van der Waals surface area contributed by atoms with Crippen LogP contribution in [0.15, 0.2) is 60.8 Å². The van der Waals surface area contributed by atoms with Crippen molar-refractivity contribution in [3.8, 4) is 0 Å². The molecular formula is C48H82N2O7. The molecule has 2 atom stereocenters. The highest BCUT2D eigenvalue weighted by Crippen LogP contribution is 2.16. The van der Waals surface area contributed by atoms with Gasteiger partial charge in [0.25, 0.3) is 0 Å². The molecule has 0 saturated carbocycles. The molecule has 0 aromatic rings. The predicted octanol–water partition coefficient (Wildman–Crippen LogP) is 11.3. The molecule has 4 N–H and O–H groups in total. The number of hydrogen-bond acceptors (Lipinski definition) is 6. The van der Waals surface area contributed by atoms with Crippen LogP contribution in [0.5, 0.6) is 0 Å². The molecule has 0 aliphatic rings. The van der Waals surface area contributed by atoms with Gasteiger partial charge >= 0.3 is 11.9 Å². The standard InChI is InChI=1S/C48H82N2O7/c1-3-5-7-9-11-13-15-17-19-20-21-22-24-26-28-30-32-34-40-47(54)57-43(37-33-31-29-27-25-23-18-16-14-12-10-8-6-4-2)38-35-36-39-45(52)49-41-46(53)50-44(42-51)48(55)56/h6,8,12,14,18,23,27,29,33,37,43-44,51H,3-5,7,9-11,13,15-17,19-22,24-26,28,30-32,34-36,38-42H2,1-2H3,(H,49,52)(H,50,53)(H,55,56)/b8-6-,14-12-,23-18-,29-27-,37-33-. The molecule has 0 bridgehead atoms. The van der Waals surface area contributed by atoms with Crippen molar-refractivity contribution in [1.82, 2.24) is 10.6 Å². The van der Waals surface area contributed by atoms with Gasteiger partial charge in [0, 0.05) is 12.8 Å². The third kappa shape index (κ3) is 39.2. The maximum absolute atomic E-state index is 12.8. The number of carboxylic acid groups (broad SMARTS) is 1. The molecule has 0 aliphatic carbocycles. The van der Waals surface area contributed by atoms with E-state index in [-0.39, 0.29) is 30.9 Å². The molecule has 0 rings (SSSR count). The molecule has 0 aromatic carbocycles. The lowest BCUT2D eigenvalue weighted by Gasteiger charge is -2.15. The first kappa shape index (κ1) is 53.5. The number of ether oxygens (including phenoxy) is 1. The maximum atomic E-state index is 12.8. The van der Waals surface area contributed by atoms with Gasteiger partial charge in [-0.2, -0.15) is 0 Å². The van der Waals surface area contributed by atoms with Gasteiger partial charge in [0.15, 0.2) is 0 Å². The molecular weight excluding hydrogens is 717 g/mol. The van der Waals surface area contributed by atoms with Crippen LogP contribution in [0.1, 0.15) is 194 Å². The number of aliphatic hydroxyl groups is 1. The lowest BCUT2D eigenvalue weighted by atomic mass is 10.0. The summed E-state index contributed by atoms with van der Waals surface area (Å²) in [5.41, 5.74) is 0. The molecule has 0 spiro atoms. The highest BCUT2D eigenvalue weighted by molar-refractivity contribution is 5.87. The highest BCUT2D eigenvalue weighted by Gasteiger charge is 2.19. The number of esters is 1. The lowest BCUT2D eigenvalue weighted by molar-refractivity contribution is -0.147. The lowest BCUT2D eigenvalue weighted by Crippen LogP contribution is -2.47. The molecule has 0 radical (unpaired) electrons. The minimum atomic E-state index is -1.41. The average molecular weight is 799 g/mol. The second-order valence-corrected chi connectivity index (χ2v) is 15.1. The van der Waals surface area contributed by atoms with Crippen molar-refractivity contribution in [2.75, 3.05) is 13.2 Å². The van der Waals surface area contributed by atoms with Gasteiger partial charge in [-0.25, -0.2) is 4.79 Å². The summed E-state index contributed by atoms with van der Waals surface area (Å²) in [4.78, 5) is 47.9. The summed E-state index contributed by atoms with van der Waals surface area (Å²) >= 11 is 0. The molecule has 57 heavy (non-hydrogen) atoms. The van der Waals surface area contributed by atoms with Crippen LogP contribution in [0.4, 0.5) is 0 Å². The number of carbonyl (C=O) groups is 4. The maximum Gasteiger partial charge on any atom is 0.328 e. The van der Waals surface area contributed by atoms with Crippen molar-refractivity contribution in [2.24, 2.45) is 0 Å². The second-order valence-electron chi connectivity index (χ2n) is 15.1. The number of aliphatic carboxylic acids is 1. The number of nitrogens with one attached hydrogen (secondary N) is 2. The third-order valence-electron chi connectivity index (χ3n) is 9.76. The molecule has 326 valence electrons. The van der Waals surface area contributed by atoms with Gasteiger partial charge < -0.3 is 25.6 Å². The Kier molecular flexibility index (Phi) is 39.6. The number of amides is 2. The van der Waals surface area contributed by atoms with Crippen LogP contribution in [0.3, 0.4) is 0 Å². The van der Waals surface area contributed by atoms with Gasteiger partial charge in [-0.15, -0.1) is 0 Å². The summed E-state index contributed by atoms with van der Waals surface area (Å²) in [6.07, 6.45) is 51.2. The van der Waals surface area contributed by atoms with E-state index in [0.717, 1.165) is 51.4 Å². The SMILES string of the molecule is CC/C=C\C/C=C\C/C=C\C/C=C\C/C=C\C(CCCCC(=O)NCC(=O)NC(CO)C(=O)O)OC(=O)CCCCCCCCCCCCCCCCCCCC. The van der Waals surface area contributed by atoms with Gasteiger partial charge in [-0.05, 0) is 63.9 Å². The molecule has 0 aliphatic heterocycles. The van der Waals surface area contributed by atoms with Crippen molar-refractivity contribution in [2.45, 2.75) is 206 Å². The first-order chi connectivity index (χ1) is 27.8. The van der Waals surface area contributed by atoms with E-state index in [9.17, 15) is 19.2 Å². The fraction of sp³-hybridized carbons (Fsp3) is 0.708. The fourth-order valence-electron chi connectivity index (χ4n) is 6.31. The Morgan fingerprint density at radius 3 is 1.44 bits per heavy atom. The largest absolute Gasteiger partial charge is 0.480 e. The van der Waals surface area contributed by atoms with Crippen molar-refractivity contribution < 1.29 is 34.1 Å². The zero-order chi connectivity index (χ0) is 41.9. The van der Waals surface area contributed by atoms with Crippen molar-refractivity contribution >= 4 is 23.8 Å². The van der Waals surface area contributed by atoms with Crippen LogP contribution >= 0.6 is 0 Å². The van der Waals surface area contributed by atoms with Gasteiger partial charge in [0.05, 0.1) is 13.2 Å². The molecule has 0 fully saturated rings. The van der Waals surface area contributed by atoms with Crippen LogP contribution in [0.2, 0.25) is 0 Å². The number of carbonyl (C=O) groups excluding carboxylic acids is 3. The zero-order valence-electron chi connectivity index (χ0n) is 36.1. The molecule has 2 amide bonds. The summed E-state index contributed by atoms with van der Waals surface area (Å²) in [6, 6.07) is -1.41. The zero-order valence-corrected chi connectivity index (χ0v) is 36.1. The van der Waals surface area contributed by atoms with E-state index >= 15 is 0 Å². The number of carboxylic acids is 1. The summed E-state index contributed by atoms with van der Waals surface area (Å²) in [5.74, 6) is -2.57. The van der Waals surface area contributed by atoms with Gasteiger partial charge in [-0.1, -0.05) is 178 Å². The minimum absolute atomic E-state index is 0.182. The Morgan fingerprint density at radius 2 is 0.982 bits per heavy atom. The fourth-order valence-corrected chi connectivity index (χ4v) is 6.31. The number of aliphatic hydroxyl groups excluding tert-OH is 1. The summed E-state index contributed by atoms with van der Waals surface area (Å²) in [5, 5.41) is 22.6. The molecule has 0 aromatic heterocycles. The van der Waals surface area contributed by atoms with Crippen molar-refractivity contribution in [3.05, 3.63) is 60.8 Å². The highest BCUT2D eigenvalue weighted by atomic mass is 16.5. The van der Waals surface area contributed by atoms with Crippen LogP contribution < -0.4 is 10.6 Å². The van der Waals surface area contributed by atoms with Crippen LogP contribution in [0.25, 0.3) is 0 Å². The average Bonchev–Trinajstić information content (AvgIpc) is 3.20. The third-order valence-corrected chi connectivity index (χ3v) is 9.76. The van der Waals surface area contributed by atoms with Crippen molar-refractivity contribution in [3.63, 3.8) is 0 Å². The van der Waals surface area contributed by atoms with E-state index in [2.05, 4.69) is 73.1 Å². The summed E-state index contributed by atoms with van der Waals surface area (Å²) in [6.45, 7) is 3.30. The van der Waals surface area contributed by atoms with Crippen LogP contribution in [0, 0.1) is 0 Å². The first-order valence-electron chi connectivity index (χ1n) is 22.7. The smallest absolute Gasteiger partial charge is 0.328 e. The molecule has 9 heteroatoms. The van der Waals surface area contributed by atoms with Crippen LogP contribution in [-0.2, 0) is 23.9 Å². The first-order valence-corrected chi connectivity index (χ1v) is 22.7. The summed E-state index contributed by atoms with van der Waals surface area (Å²) in [7, 11) is 0. The normalized spacial score (nSPS) is 13.0. The van der Waals surface area contributed by atoms with Gasteiger partial charge in [-0.3, -0.25) is 14.4 Å². The molecule has 2 unspecified atom stereocenters. The quantitative estimate of drug-likeness (QED) is 0.0275. The molecule has 0 heterocycles. The number of hydrogen-bond donors (Lipinski definition) is 4. The Bertz CT molecular complexity index is 1140. The van der Waals surface area contributed by atoms with E-state index in [1.165, 1.54) is 96.3 Å². The van der Waals surface area contributed by atoms with E-state index < -0.39 is 24.5 Å². The van der Waals surface area contributed by atoms with E-state index in [0.29, 0.717) is 25.7 Å². The monoisotopic (exact) mass is 799 g/mol. The topological polar surface area (TPSA) is 142 Å². The predicted molar refractivity (Wildman–Crippen MR) is 236 cm³/mol. The van der Waals surface area contributed by atoms with E-state index in [4.69, 9.17) is 14.9 Å². The second kappa shape index (κ2) is 42.2. The van der Waals surface area contributed by atoms with E-state index in [1.54, 1.807) is 0 Å². The minimum Gasteiger partial charge on any atom is -0.480 e. The van der Waals surface area contributed by atoms with Crippen molar-refractivity contribution in [1.29, 1.82) is 0 Å². The Hall–Kier alpha value is -3.46. The molecule has 9 nitrogen and oxygen atoms in total. The van der Waals surface area contributed by atoms with Gasteiger partial charge in [0.2, 0.25) is 11.8 Å². The Morgan fingerprint density at radius 1 is 0.544 bits per heavy atom. The number of rotatable bonds is 40. The number of unbranched alkanes of at least 4 members (excludes halogenated alkanes) is 18. The number of allylic oxidation sites excluding steroid dienone is 9. The van der Waals surface area contributed by atoms with Gasteiger partial charge in [0.1, 0.15) is 12.1 Å². The van der Waals surface area contributed by atoms with Crippen LogP contribution in [-0.4, -0.2) is 59.3 Å². The van der Waals surface area contributed by atoms with E-state index in [1.807, 2.05) is 12.2 Å². The molecule has 0 saturated heterocycles.